The molecule has 1 heterocycles. The molecule has 0 saturated carbocycles. The molecule has 1 unspecified atom stereocenters. The van der Waals surface area contributed by atoms with Crippen molar-refractivity contribution in [3.05, 3.63) is 35.9 Å². The first-order chi connectivity index (χ1) is 8.78. The molecule has 0 amide bonds. The van der Waals surface area contributed by atoms with E-state index in [2.05, 4.69) is 24.0 Å². The third-order valence-corrected chi connectivity index (χ3v) is 3.44. The van der Waals surface area contributed by atoms with Gasteiger partial charge in [0.15, 0.2) is 0 Å². The van der Waals surface area contributed by atoms with Gasteiger partial charge in [-0.3, -0.25) is 0 Å². The van der Waals surface area contributed by atoms with Crippen LogP contribution in [0.3, 0.4) is 0 Å². The van der Waals surface area contributed by atoms with E-state index in [1.54, 1.807) is 14.2 Å². The third kappa shape index (κ3) is 2.67. The van der Waals surface area contributed by atoms with Crippen LogP contribution in [0.1, 0.15) is 17.5 Å². The second kappa shape index (κ2) is 5.91. The maximum absolute atomic E-state index is 5.48. The highest BCUT2D eigenvalue weighted by Crippen LogP contribution is 2.31. The second-order valence-corrected chi connectivity index (χ2v) is 4.61. The van der Waals surface area contributed by atoms with Crippen molar-refractivity contribution < 1.29 is 9.47 Å². The minimum absolute atomic E-state index is 0.578. The van der Waals surface area contributed by atoms with Crippen LogP contribution in [-0.2, 0) is 12.8 Å². The van der Waals surface area contributed by atoms with Crippen LogP contribution in [-0.4, -0.2) is 26.8 Å². The monoisotopic (exact) mass is 247 g/mol. The largest absolute Gasteiger partial charge is 0.496 e. The molecule has 0 spiro atoms. The summed E-state index contributed by atoms with van der Waals surface area (Å²) in [5.74, 6) is 1.87. The fraction of sp³-hybridized carbons (Fsp3) is 0.467. The summed E-state index contributed by atoms with van der Waals surface area (Å²) >= 11 is 0. The van der Waals surface area contributed by atoms with Crippen molar-refractivity contribution in [3.8, 4) is 11.5 Å². The molecule has 1 N–H and O–H groups in total. The summed E-state index contributed by atoms with van der Waals surface area (Å²) in [6.07, 6.45) is 4.90. The molecule has 1 aliphatic rings. The van der Waals surface area contributed by atoms with Crippen LogP contribution in [0.25, 0.3) is 0 Å². The van der Waals surface area contributed by atoms with Gasteiger partial charge in [0.1, 0.15) is 11.5 Å². The Labute approximate surface area is 109 Å². The van der Waals surface area contributed by atoms with Gasteiger partial charge in [-0.25, -0.2) is 0 Å². The fourth-order valence-corrected chi connectivity index (χ4v) is 2.29. The average Bonchev–Trinajstić information content (AvgIpc) is 2.34. The number of nitrogens with one attached hydrogen (secondary N) is 1. The molecule has 3 nitrogen and oxygen atoms in total. The second-order valence-electron chi connectivity index (χ2n) is 4.61. The van der Waals surface area contributed by atoms with E-state index in [4.69, 9.17) is 9.47 Å². The molecule has 0 radical (unpaired) electrons. The summed E-state index contributed by atoms with van der Waals surface area (Å²) in [4.78, 5) is 0. The number of allylic oxidation sites excluding steroid dienone is 1. The summed E-state index contributed by atoms with van der Waals surface area (Å²) in [5, 5.41) is 3.41. The number of hydrogen-bond acceptors (Lipinski definition) is 3. The standard InChI is InChI=1S/C15H21NO2/c1-4-5-11-9-15(18-3)12(10-14(11)17-2)8-13-6-7-16-13/h4,9-10,13,16H,1,5-8H2,2-3H3. The molecular weight excluding hydrogens is 226 g/mol. The van der Waals surface area contributed by atoms with E-state index < -0.39 is 0 Å². The Balaban J connectivity index is 2.28. The first-order valence-corrected chi connectivity index (χ1v) is 6.36. The van der Waals surface area contributed by atoms with Gasteiger partial charge in [0.05, 0.1) is 14.2 Å². The van der Waals surface area contributed by atoms with Gasteiger partial charge in [-0.05, 0) is 43.5 Å². The van der Waals surface area contributed by atoms with Crippen LogP contribution >= 0.6 is 0 Å². The van der Waals surface area contributed by atoms with E-state index in [0.29, 0.717) is 6.04 Å². The summed E-state index contributed by atoms with van der Waals surface area (Å²) in [6, 6.07) is 4.74. The molecule has 0 aliphatic carbocycles. The minimum Gasteiger partial charge on any atom is -0.496 e. The number of rotatable bonds is 6. The molecule has 2 rings (SSSR count). The Bertz CT molecular complexity index is 425. The predicted octanol–water partition coefficient (Wildman–Crippen LogP) is 2.34. The Morgan fingerprint density at radius 2 is 1.89 bits per heavy atom. The third-order valence-electron chi connectivity index (χ3n) is 3.44. The number of ether oxygens (including phenoxy) is 2. The molecule has 1 fully saturated rings. The highest BCUT2D eigenvalue weighted by atomic mass is 16.5. The Hall–Kier alpha value is -1.48. The Morgan fingerprint density at radius 1 is 1.28 bits per heavy atom. The topological polar surface area (TPSA) is 30.5 Å². The molecule has 1 aromatic rings. The van der Waals surface area contributed by atoms with E-state index >= 15 is 0 Å². The molecule has 18 heavy (non-hydrogen) atoms. The maximum atomic E-state index is 5.48. The van der Waals surface area contributed by atoms with Crippen LogP contribution in [0, 0.1) is 0 Å². The van der Waals surface area contributed by atoms with E-state index in [-0.39, 0.29) is 0 Å². The smallest absolute Gasteiger partial charge is 0.122 e. The number of benzene rings is 1. The van der Waals surface area contributed by atoms with Crippen LogP contribution in [0.15, 0.2) is 24.8 Å². The lowest BCUT2D eigenvalue weighted by Crippen LogP contribution is -2.44. The van der Waals surface area contributed by atoms with Gasteiger partial charge in [-0.1, -0.05) is 6.08 Å². The molecule has 98 valence electrons. The fourth-order valence-electron chi connectivity index (χ4n) is 2.29. The summed E-state index contributed by atoms with van der Waals surface area (Å²) < 4.78 is 10.9. The first-order valence-electron chi connectivity index (χ1n) is 6.36. The zero-order chi connectivity index (χ0) is 13.0. The van der Waals surface area contributed by atoms with Crippen molar-refractivity contribution >= 4 is 0 Å². The first kappa shape index (κ1) is 13.0. The van der Waals surface area contributed by atoms with E-state index in [0.717, 1.165) is 36.4 Å². The zero-order valence-corrected chi connectivity index (χ0v) is 11.2. The van der Waals surface area contributed by atoms with Gasteiger partial charge in [-0.15, -0.1) is 6.58 Å². The SMILES string of the molecule is C=CCc1cc(OC)c(CC2CCN2)cc1OC. The summed E-state index contributed by atoms with van der Waals surface area (Å²) in [7, 11) is 3.43. The van der Waals surface area contributed by atoms with Gasteiger partial charge < -0.3 is 14.8 Å². The average molecular weight is 247 g/mol. The van der Waals surface area contributed by atoms with Crippen LogP contribution in [0.5, 0.6) is 11.5 Å². The van der Waals surface area contributed by atoms with Gasteiger partial charge in [0, 0.05) is 11.6 Å². The van der Waals surface area contributed by atoms with Crippen molar-refractivity contribution in [2.75, 3.05) is 20.8 Å². The number of methoxy groups -OCH3 is 2. The maximum Gasteiger partial charge on any atom is 0.122 e. The van der Waals surface area contributed by atoms with Crippen molar-refractivity contribution in [2.24, 2.45) is 0 Å². The van der Waals surface area contributed by atoms with Crippen molar-refractivity contribution in [3.63, 3.8) is 0 Å². The van der Waals surface area contributed by atoms with Gasteiger partial charge in [-0.2, -0.15) is 0 Å². The molecule has 1 atom stereocenters. The number of hydrogen-bond donors (Lipinski definition) is 1. The molecular formula is C15H21NO2. The lowest BCUT2D eigenvalue weighted by molar-refractivity contribution is 0.355. The molecule has 3 heteroatoms. The molecule has 1 aliphatic heterocycles. The minimum atomic E-state index is 0.578. The Morgan fingerprint density at radius 3 is 2.39 bits per heavy atom. The highest BCUT2D eigenvalue weighted by molar-refractivity contribution is 5.47. The predicted molar refractivity (Wildman–Crippen MR) is 73.6 cm³/mol. The van der Waals surface area contributed by atoms with Crippen molar-refractivity contribution in [2.45, 2.75) is 25.3 Å². The summed E-state index contributed by atoms with van der Waals surface area (Å²) in [5.41, 5.74) is 2.33. The molecule has 0 aromatic heterocycles. The van der Waals surface area contributed by atoms with E-state index in [1.165, 1.54) is 12.0 Å². The molecule has 0 bridgehead atoms. The van der Waals surface area contributed by atoms with Crippen molar-refractivity contribution in [1.82, 2.24) is 5.32 Å². The quantitative estimate of drug-likeness (QED) is 0.783. The lowest BCUT2D eigenvalue weighted by atomic mass is 9.96. The van der Waals surface area contributed by atoms with E-state index in [9.17, 15) is 0 Å². The van der Waals surface area contributed by atoms with Gasteiger partial charge in [0.25, 0.3) is 0 Å². The highest BCUT2D eigenvalue weighted by Gasteiger charge is 2.20. The van der Waals surface area contributed by atoms with Crippen molar-refractivity contribution in [1.29, 1.82) is 0 Å². The van der Waals surface area contributed by atoms with Crippen LogP contribution in [0.4, 0.5) is 0 Å². The summed E-state index contributed by atoms with van der Waals surface area (Å²) in [6.45, 7) is 4.90. The van der Waals surface area contributed by atoms with Gasteiger partial charge in [0.2, 0.25) is 0 Å². The molecule has 1 aromatic carbocycles. The van der Waals surface area contributed by atoms with Crippen LogP contribution < -0.4 is 14.8 Å². The van der Waals surface area contributed by atoms with Crippen LogP contribution in [0.2, 0.25) is 0 Å². The zero-order valence-electron chi connectivity index (χ0n) is 11.2. The molecule has 1 saturated heterocycles. The normalized spacial score (nSPS) is 18.0. The van der Waals surface area contributed by atoms with E-state index in [1.807, 2.05) is 6.08 Å². The Kier molecular flexibility index (Phi) is 4.26. The lowest BCUT2D eigenvalue weighted by Gasteiger charge is -2.28. The van der Waals surface area contributed by atoms with Gasteiger partial charge >= 0.3 is 0 Å².